The predicted octanol–water partition coefficient (Wildman–Crippen LogP) is 3.27. The molecule has 0 bridgehead atoms. The summed E-state index contributed by atoms with van der Waals surface area (Å²) in [4.78, 5) is 14.3. The first kappa shape index (κ1) is 16.6. The van der Waals surface area contributed by atoms with Crippen molar-refractivity contribution < 1.29 is 4.79 Å². The van der Waals surface area contributed by atoms with Crippen LogP contribution in [0, 0.1) is 0 Å². The number of nitrogens with zero attached hydrogens (tertiary/aromatic N) is 1. The summed E-state index contributed by atoms with van der Waals surface area (Å²) in [5.74, 6) is 0. The van der Waals surface area contributed by atoms with Gasteiger partial charge >= 0.3 is 6.03 Å². The molecule has 0 spiro atoms. The summed E-state index contributed by atoms with van der Waals surface area (Å²) in [5.41, 5.74) is 0. The maximum Gasteiger partial charge on any atom is 0.317 e. The van der Waals surface area contributed by atoms with E-state index < -0.39 is 0 Å². The van der Waals surface area contributed by atoms with Crippen LogP contribution in [0.15, 0.2) is 0 Å². The highest BCUT2D eigenvalue weighted by molar-refractivity contribution is 5.74. The van der Waals surface area contributed by atoms with E-state index in [1.54, 1.807) is 0 Å². The molecule has 2 amide bonds. The molecule has 21 heavy (non-hydrogen) atoms. The molecule has 0 aromatic rings. The molecular weight excluding hydrogens is 262 g/mol. The maximum absolute atomic E-state index is 12.4. The molecule has 2 aliphatic carbocycles. The van der Waals surface area contributed by atoms with Gasteiger partial charge in [-0.05, 0) is 51.5 Å². The van der Waals surface area contributed by atoms with E-state index in [1.807, 2.05) is 11.9 Å². The van der Waals surface area contributed by atoms with Crippen molar-refractivity contribution in [3.05, 3.63) is 0 Å². The van der Waals surface area contributed by atoms with Crippen LogP contribution in [0.5, 0.6) is 0 Å². The fraction of sp³-hybridized carbons (Fsp3) is 0.941. The molecule has 0 aliphatic heterocycles. The normalized spacial score (nSPS) is 27.3. The van der Waals surface area contributed by atoms with Crippen LogP contribution in [0.3, 0.4) is 0 Å². The van der Waals surface area contributed by atoms with Gasteiger partial charge in [-0.15, -0.1) is 0 Å². The fourth-order valence-corrected chi connectivity index (χ4v) is 3.70. The van der Waals surface area contributed by atoms with Crippen molar-refractivity contribution in [2.75, 3.05) is 13.6 Å². The molecule has 0 aromatic carbocycles. The summed E-state index contributed by atoms with van der Waals surface area (Å²) in [6.07, 6.45) is 12.1. The lowest BCUT2D eigenvalue weighted by Gasteiger charge is -2.36. The van der Waals surface area contributed by atoms with E-state index in [9.17, 15) is 4.79 Å². The summed E-state index contributed by atoms with van der Waals surface area (Å²) in [6.45, 7) is 3.33. The Bertz CT molecular complexity index is 307. The molecule has 0 heterocycles. The molecule has 0 aromatic heterocycles. The molecule has 2 fully saturated rings. The van der Waals surface area contributed by atoms with Gasteiger partial charge in [0.15, 0.2) is 0 Å². The average molecular weight is 295 g/mol. The Kier molecular flexibility index (Phi) is 6.81. The quantitative estimate of drug-likeness (QED) is 0.817. The van der Waals surface area contributed by atoms with Crippen molar-refractivity contribution in [3.63, 3.8) is 0 Å². The molecule has 122 valence electrons. The van der Waals surface area contributed by atoms with Gasteiger partial charge in [-0.2, -0.15) is 0 Å². The molecule has 2 N–H and O–H groups in total. The molecule has 0 saturated heterocycles. The van der Waals surface area contributed by atoms with Crippen LogP contribution in [-0.2, 0) is 0 Å². The Morgan fingerprint density at radius 3 is 2.29 bits per heavy atom. The second-order valence-corrected chi connectivity index (χ2v) is 6.85. The van der Waals surface area contributed by atoms with Gasteiger partial charge in [0.05, 0.1) is 0 Å². The summed E-state index contributed by atoms with van der Waals surface area (Å²) >= 11 is 0. The van der Waals surface area contributed by atoms with Crippen molar-refractivity contribution in [1.82, 2.24) is 15.5 Å². The van der Waals surface area contributed by atoms with E-state index in [4.69, 9.17) is 0 Å². The second-order valence-electron chi connectivity index (χ2n) is 6.85. The Balaban J connectivity index is 1.70. The minimum atomic E-state index is 0.145. The SMILES string of the molecule is CCCNC1CCC(N(C)C(=O)NC2CCCCC2)CC1. The van der Waals surface area contributed by atoms with E-state index in [2.05, 4.69) is 17.6 Å². The van der Waals surface area contributed by atoms with Crippen molar-refractivity contribution in [3.8, 4) is 0 Å². The van der Waals surface area contributed by atoms with Gasteiger partial charge < -0.3 is 15.5 Å². The largest absolute Gasteiger partial charge is 0.335 e. The summed E-state index contributed by atoms with van der Waals surface area (Å²) in [6, 6.07) is 1.65. The summed E-state index contributed by atoms with van der Waals surface area (Å²) < 4.78 is 0. The average Bonchev–Trinajstić information content (AvgIpc) is 2.53. The van der Waals surface area contributed by atoms with Crippen molar-refractivity contribution in [2.45, 2.75) is 89.3 Å². The lowest BCUT2D eigenvalue weighted by Crippen LogP contribution is -2.49. The number of amides is 2. The second kappa shape index (κ2) is 8.62. The van der Waals surface area contributed by atoms with E-state index in [0.717, 1.165) is 32.2 Å². The summed E-state index contributed by atoms with van der Waals surface area (Å²) in [5, 5.41) is 6.84. The monoisotopic (exact) mass is 295 g/mol. The number of carbonyl (C=O) groups is 1. The molecule has 2 aliphatic rings. The third-order valence-corrected chi connectivity index (χ3v) is 5.18. The highest BCUT2D eigenvalue weighted by Gasteiger charge is 2.27. The van der Waals surface area contributed by atoms with Gasteiger partial charge in [0.2, 0.25) is 0 Å². The van der Waals surface area contributed by atoms with E-state index in [0.29, 0.717) is 18.1 Å². The highest BCUT2D eigenvalue weighted by atomic mass is 16.2. The smallest absolute Gasteiger partial charge is 0.317 e. The Morgan fingerprint density at radius 1 is 1.00 bits per heavy atom. The van der Waals surface area contributed by atoms with Gasteiger partial charge in [-0.25, -0.2) is 4.79 Å². The van der Waals surface area contributed by atoms with Crippen LogP contribution in [0.2, 0.25) is 0 Å². The first-order valence-electron chi connectivity index (χ1n) is 8.97. The van der Waals surface area contributed by atoms with Gasteiger partial charge in [0.1, 0.15) is 0 Å². The molecule has 4 heteroatoms. The maximum atomic E-state index is 12.4. The van der Waals surface area contributed by atoms with Crippen molar-refractivity contribution >= 4 is 6.03 Å². The van der Waals surface area contributed by atoms with Crippen LogP contribution in [0.4, 0.5) is 4.79 Å². The third kappa shape index (κ3) is 5.17. The van der Waals surface area contributed by atoms with Crippen LogP contribution < -0.4 is 10.6 Å². The number of rotatable bonds is 5. The number of nitrogens with one attached hydrogen (secondary N) is 2. The van der Waals surface area contributed by atoms with Gasteiger partial charge in [0.25, 0.3) is 0 Å². The Morgan fingerprint density at radius 2 is 1.67 bits per heavy atom. The van der Waals surface area contributed by atoms with Crippen molar-refractivity contribution in [1.29, 1.82) is 0 Å². The van der Waals surface area contributed by atoms with Crippen LogP contribution in [-0.4, -0.2) is 42.6 Å². The third-order valence-electron chi connectivity index (χ3n) is 5.18. The lowest BCUT2D eigenvalue weighted by atomic mass is 9.90. The van der Waals surface area contributed by atoms with Crippen LogP contribution in [0.25, 0.3) is 0 Å². The van der Waals surface area contributed by atoms with Gasteiger partial charge in [0, 0.05) is 25.2 Å². The zero-order chi connectivity index (χ0) is 15.1. The lowest BCUT2D eigenvalue weighted by molar-refractivity contribution is 0.160. The topological polar surface area (TPSA) is 44.4 Å². The molecule has 0 radical (unpaired) electrons. The Hall–Kier alpha value is -0.770. The molecule has 0 atom stereocenters. The van der Waals surface area contributed by atoms with Gasteiger partial charge in [-0.1, -0.05) is 26.2 Å². The first-order valence-corrected chi connectivity index (χ1v) is 8.97. The van der Waals surface area contributed by atoms with Gasteiger partial charge in [-0.3, -0.25) is 0 Å². The number of hydrogen-bond donors (Lipinski definition) is 2. The fourth-order valence-electron chi connectivity index (χ4n) is 3.70. The van der Waals surface area contributed by atoms with E-state index >= 15 is 0 Å². The molecular formula is C17H33N3O. The zero-order valence-corrected chi connectivity index (χ0v) is 13.9. The Labute approximate surface area is 130 Å². The minimum absolute atomic E-state index is 0.145. The number of urea groups is 1. The van der Waals surface area contributed by atoms with E-state index in [1.165, 1.54) is 38.5 Å². The number of hydrogen-bond acceptors (Lipinski definition) is 2. The summed E-state index contributed by atoms with van der Waals surface area (Å²) in [7, 11) is 1.97. The molecule has 0 unspecified atom stereocenters. The van der Waals surface area contributed by atoms with Crippen LogP contribution in [0.1, 0.15) is 71.1 Å². The zero-order valence-electron chi connectivity index (χ0n) is 13.9. The highest BCUT2D eigenvalue weighted by Crippen LogP contribution is 2.23. The first-order chi connectivity index (χ1) is 10.2. The molecule has 2 rings (SSSR count). The standard InChI is InChI=1S/C17H33N3O/c1-3-13-18-14-9-11-16(12-10-14)20(2)17(21)19-15-7-5-4-6-8-15/h14-16,18H,3-13H2,1-2H3,(H,19,21). The number of carbonyl (C=O) groups excluding carboxylic acids is 1. The molecule has 4 nitrogen and oxygen atoms in total. The van der Waals surface area contributed by atoms with E-state index in [-0.39, 0.29) is 6.03 Å². The molecule has 2 saturated carbocycles. The van der Waals surface area contributed by atoms with Crippen LogP contribution >= 0.6 is 0 Å². The minimum Gasteiger partial charge on any atom is -0.335 e. The predicted molar refractivity (Wildman–Crippen MR) is 87.5 cm³/mol. The van der Waals surface area contributed by atoms with Crippen molar-refractivity contribution in [2.24, 2.45) is 0 Å².